The van der Waals surface area contributed by atoms with Crippen LogP contribution in [0, 0.1) is 0 Å². The molecule has 0 spiro atoms. The minimum atomic E-state index is -0.376. The molecule has 1 fully saturated rings. The predicted molar refractivity (Wildman–Crippen MR) is 66.8 cm³/mol. The van der Waals surface area contributed by atoms with Crippen molar-refractivity contribution in [2.24, 2.45) is 0 Å². The van der Waals surface area contributed by atoms with E-state index in [0.717, 1.165) is 13.0 Å². The van der Waals surface area contributed by atoms with Crippen LogP contribution in [0.1, 0.15) is 19.8 Å². The van der Waals surface area contributed by atoms with Gasteiger partial charge in [-0.15, -0.1) is 12.4 Å². The maximum Gasteiger partial charge on any atom is 0.333 e. The Balaban J connectivity index is 0.00000256. The molecule has 1 saturated heterocycles. The number of esters is 1. The van der Waals surface area contributed by atoms with Crippen LogP contribution in [0.15, 0.2) is 12.2 Å². The number of hydrogen-bond donors (Lipinski definition) is 1. The summed E-state index contributed by atoms with van der Waals surface area (Å²) >= 11 is 0. The molecule has 0 radical (unpaired) electrons. The van der Waals surface area contributed by atoms with Crippen LogP contribution in [0.5, 0.6) is 0 Å². The van der Waals surface area contributed by atoms with E-state index < -0.39 is 0 Å². The van der Waals surface area contributed by atoms with Gasteiger partial charge < -0.3 is 9.64 Å². The van der Waals surface area contributed by atoms with E-state index in [4.69, 9.17) is 4.74 Å². The molecule has 1 aliphatic heterocycles. The van der Waals surface area contributed by atoms with Crippen molar-refractivity contribution in [1.82, 2.24) is 10.2 Å². The van der Waals surface area contributed by atoms with Crippen LogP contribution in [0.3, 0.4) is 0 Å². The number of hydrogen-bond acceptors (Lipinski definition) is 4. The van der Waals surface area contributed by atoms with Crippen molar-refractivity contribution < 1.29 is 14.3 Å². The molecule has 17 heavy (non-hydrogen) atoms. The Morgan fingerprint density at radius 1 is 1.59 bits per heavy atom. The normalized spacial score (nSPS) is 14.4. The lowest BCUT2D eigenvalue weighted by molar-refractivity contribution is -0.139. The molecule has 1 rings (SSSR count). The molecule has 0 aromatic rings. The summed E-state index contributed by atoms with van der Waals surface area (Å²) in [4.78, 5) is 24.0. The first-order chi connectivity index (χ1) is 7.61. The Kier molecular flexibility index (Phi) is 7.58. The maximum absolute atomic E-state index is 11.2. The van der Waals surface area contributed by atoms with E-state index >= 15 is 0 Å². The SMILES string of the molecule is C=C(C)C(=O)OCCNCN1CCCC1=O.Cl. The highest BCUT2D eigenvalue weighted by Crippen LogP contribution is 2.07. The highest BCUT2D eigenvalue weighted by Gasteiger charge is 2.18. The highest BCUT2D eigenvalue weighted by molar-refractivity contribution is 5.86. The first-order valence-electron chi connectivity index (χ1n) is 5.42. The third-order valence-corrected chi connectivity index (χ3v) is 2.33. The molecular weight excluding hydrogens is 244 g/mol. The van der Waals surface area contributed by atoms with Gasteiger partial charge in [-0.05, 0) is 13.3 Å². The fraction of sp³-hybridized carbons (Fsp3) is 0.636. The number of likely N-dealkylation sites (tertiary alicyclic amines) is 1. The van der Waals surface area contributed by atoms with Crippen molar-refractivity contribution in [3.63, 3.8) is 0 Å². The van der Waals surface area contributed by atoms with E-state index in [2.05, 4.69) is 11.9 Å². The molecule has 1 amide bonds. The van der Waals surface area contributed by atoms with Crippen molar-refractivity contribution in [2.75, 3.05) is 26.4 Å². The molecule has 0 unspecified atom stereocenters. The maximum atomic E-state index is 11.2. The highest BCUT2D eigenvalue weighted by atomic mass is 35.5. The molecule has 1 aliphatic rings. The molecule has 98 valence electrons. The van der Waals surface area contributed by atoms with Gasteiger partial charge in [-0.2, -0.15) is 0 Å². The number of rotatable bonds is 6. The lowest BCUT2D eigenvalue weighted by Crippen LogP contribution is -2.36. The van der Waals surface area contributed by atoms with Gasteiger partial charge in [0.1, 0.15) is 6.61 Å². The zero-order valence-electron chi connectivity index (χ0n) is 10.0. The van der Waals surface area contributed by atoms with E-state index in [1.54, 1.807) is 11.8 Å². The summed E-state index contributed by atoms with van der Waals surface area (Å²) in [6, 6.07) is 0. The molecule has 0 atom stereocenters. The van der Waals surface area contributed by atoms with Gasteiger partial charge in [0.2, 0.25) is 5.91 Å². The van der Waals surface area contributed by atoms with Crippen LogP contribution in [0.4, 0.5) is 0 Å². The van der Waals surface area contributed by atoms with Crippen molar-refractivity contribution in [2.45, 2.75) is 19.8 Å². The molecule has 0 saturated carbocycles. The average Bonchev–Trinajstić information content (AvgIpc) is 2.63. The van der Waals surface area contributed by atoms with Crippen LogP contribution < -0.4 is 5.32 Å². The number of nitrogens with zero attached hydrogens (tertiary/aromatic N) is 1. The summed E-state index contributed by atoms with van der Waals surface area (Å²) in [5.74, 6) is -0.189. The van der Waals surface area contributed by atoms with E-state index in [0.29, 0.717) is 31.8 Å². The number of halogens is 1. The molecule has 0 aromatic carbocycles. The van der Waals surface area contributed by atoms with Gasteiger partial charge in [-0.3, -0.25) is 10.1 Å². The second-order valence-corrected chi connectivity index (χ2v) is 3.84. The fourth-order valence-electron chi connectivity index (χ4n) is 1.42. The molecule has 1 N–H and O–H groups in total. The van der Waals surface area contributed by atoms with Gasteiger partial charge in [0.05, 0.1) is 6.67 Å². The number of nitrogens with one attached hydrogen (secondary N) is 1. The third-order valence-electron chi connectivity index (χ3n) is 2.33. The van der Waals surface area contributed by atoms with Crippen molar-refractivity contribution in [3.8, 4) is 0 Å². The molecule has 0 bridgehead atoms. The topological polar surface area (TPSA) is 58.6 Å². The Labute approximate surface area is 108 Å². The molecule has 0 aliphatic carbocycles. The van der Waals surface area contributed by atoms with Gasteiger partial charge >= 0.3 is 5.97 Å². The predicted octanol–water partition coefficient (Wildman–Crippen LogP) is 0.697. The van der Waals surface area contributed by atoms with Gasteiger partial charge in [0, 0.05) is 25.1 Å². The Morgan fingerprint density at radius 3 is 2.82 bits per heavy atom. The Morgan fingerprint density at radius 2 is 2.29 bits per heavy atom. The standard InChI is InChI=1S/C11H18N2O3.ClH/c1-9(2)11(15)16-7-5-12-8-13-6-3-4-10(13)14;/h12H,1,3-8H2,2H3;1H. The minimum Gasteiger partial charge on any atom is -0.461 e. The quantitative estimate of drug-likeness (QED) is 0.435. The van der Waals surface area contributed by atoms with Gasteiger partial charge in [0.15, 0.2) is 0 Å². The monoisotopic (exact) mass is 262 g/mol. The molecular formula is C11H19ClN2O3. The van der Waals surface area contributed by atoms with Gasteiger partial charge in [-0.1, -0.05) is 6.58 Å². The van der Waals surface area contributed by atoms with Crippen LogP contribution in [-0.2, 0) is 14.3 Å². The van der Waals surface area contributed by atoms with Crippen molar-refractivity contribution in [1.29, 1.82) is 0 Å². The lowest BCUT2D eigenvalue weighted by atomic mass is 10.4. The van der Waals surface area contributed by atoms with E-state index in [1.807, 2.05) is 0 Å². The second kappa shape index (κ2) is 8.08. The Bertz CT molecular complexity index is 294. The molecule has 0 aromatic heterocycles. The van der Waals surface area contributed by atoms with E-state index in [9.17, 15) is 9.59 Å². The van der Waals surface area contributed by atoms with Crippen LogP contribution >= 0.6 is 12.4 Å². The average molecular weight is 263 g/mol. The molecule has 6 heteroatoms. The second-order valence-electron chi connectivity index (χ2n) is 3.84. The summed E-state index contributed by atoms with van der Waals surface area (Å²) in [5.41, 5.74) is 0.398. The third kappa shape index (κ3) is 5.70. The zero-order valence-corrected chi connectivity index (χ0v) is 10.8. The fourth-order valence-corrected chi connectivity index (χ4v) is 1.42. The number of carbonyl (C=O) groups is 2. The summed E-state index contributed by atoms with van der Waals surface area (Å²) in [5, 5.41) is 3.05. The molecule has 1 heterocycles. The first-order valence-corrected chi connectivity index (χ1v) is 5.42. The van der Waals surface area contributed by atoms with Gasteiger partial charge in [-0.25, -0.2) is 4.79 Å². The summed E-state index contributed by atoms with van der Waals surface area (Å²) < 4.78 is 4.89. The van der Waals surface area contributed by atoms with E-state index in [1.165, 1.54) is 0 Å². The number of amides is 1. The number of carbonyl (C=O) groups excluding carboxylic acids is 2. The Hall–Kier alpha value is -1.07. The first kappa shape index (κ1) is 15.9. The van der Waals surface area contributed by atoms with Crippen LogP contribution in [0.2, 0.25) is 0 Å². The smallest absolute Gasteiger partial charge is 0.333 e. The lowest BCUT2D eigenvalue weighted by Gasteiger charge is -2.16. The summed E-state index contributed by atoms with van der Waals surface area (Å²) in [6.07, 6.45) is 1.58. The number of ether oxygens (including phenoxy) is 1. The molecule has 5 nitrogen and oxygen atoms in total. The zero-order chi connectivity index (χ0) is 12.0. The van der Waals surface area contributed by atoms with Crippen molar-refractivity contribution >= 4 is 24.3 Å². The van der Waals surface area contributed by atoms with Crippen LogP contribution in [0.25, 0.3) is 0 Å². The largest absolute Gasteiger partial charge is 0.461 e. The van der Waals surface area contributed by atoms with Crippen molar-refractivity contribution in [3.05, 3.63) is 12.2 Å². The summed E-state index contributed by atoms with van der Waals surface area (Å²) in [7, 11) is 0. The van der Waals surface area contributed by atoms with E-state index in [-0.39, 0.29) is 24.3 Å². The van der Waals surface area contributed by atoms with Crippen LogP contribution in [-0.4, -0.2) is 43.1 Å². The summed E-state index contributed by atoms with van der Waals surface area (Å²) in [6.45, 7) is 7.28. The minimum absolute atomic E-state index is 0. The van der Waals surface area contributed by atoms with Gasteiger partial charge in [0.25, 0.3) is 0 Å².